The van der Waals surface area contributed by atoms with Crippen molar-refractivity contribution in [2.75, 3.05) is 0 Å². The van der Waals surface area contributed by atoms with Gasteiger partial charge in [-0.1, -0.05) is 48.5 Å². The van der Waals surface area contributed by atoms with Gasteiger partial charge in [-0.15, -0.1) is 11.3 Å². The van der Waals surface area contributed by atoms with Gasteiger partial charge in [-0.05, 0) is 47.3 Å². The topological polar surface area (TPSA) is 31.4 Å². The molecule has 140 valence electrons. The first-order chi connectivity index (χ1) is 14.9. The van der Waals surface area contributed by atoms with Crippen molar-refractivity contribution in [3.8, 4) is 33.6 Å². The standard InChI is InChI=1S/C25H14BNO2S/c1-3-11-19-16(8-1)26-17-9-5-7-15(25-27-18-10-2-4-14-22(18)30-25)24(17)29-21-13-6-12-20(28-19)23(21)26/h1-14H. The van der Waals surface area contributed by atoms with E-state index in [1.165, 1.54) is 10.2 Å². The maximum atomic E-state index is 6.51. The molecule has 2 aliphatic heterocycles. The molecule has 1 aromatic heterocycles. The summed E-state index contributed by atoms with van der Waals surface area (Å²) >= 11 is 1.70. The number of hydrogen-bond donors (Lipinski definition) is 0. The van der Waals surface area contributed by atoms with Crippen molar-refractivity contribution in [1.82, 2.24) is 4.98 Å². The van der Waals surface area contributed by atoms with Gasteiger partial charge in [-0.2, -0.15) is 0 Å². The summed E-state index contributed by atoms with van der Waals surface area (Å²) in [5.41, 5.74) is 5.48. The first-order valence-electron chi connectivity index (χ1n) is 9.93. The molecule has 0 saturated carbocycles. The van der Waals surface area contributed by atoms with Crippen LogP contribution in [0.3, 0.4) is 0 Å². The molecule has 0 aliphatic carbocycles. The van der Waals surface area contributed by atoms with E-state index in [2.05, 4.69) is 48.5 Å². The Balaban J connectivity index is 1.50. The van der Waals surface area contributed by atoms with Gasteiger partial charge in [0.25, 0.3) is 6.71 Å². The fourth-order valence-electron chi connectivity index (χ4n) is 4.56. The third kappa shape index (κ3) is 2.18. The van der Waals surface area contributed by atoms with Crippen molar-refractivity contribution in [3.05, 3.63) is 84.9 Å². The highest BCUT2D eigenvalue weighted by molar-refractivity contribution is 7.21. The molecule has 0 amide bonds. The van der Waals surface area contributed by atoms with Crippen molar-refractivity contribution in [2.24, 2.45) is 0 Å². The Bertz CT molecular complexity index is 1440. The van der Waals surface area contributed by atoms with Crippen molar-refractivity contribution in [2.45, 2.75) is 0 Å². The predicted molar refractivity (Wildman–Crippen MR) is 123 cm³/mol. The summed E-state index contributed by atoms with van der Waals surface area (Å²) in [5.74, 6) is 3.52. The molecule has 2 aliphatic rings. The molecule has 3 heterocycles. The number of ether oxygens (including phenoxy) is 2. The summed E-state index contributed by atoms with van der Waals surface area (Å²) in [5, 5.41) is 0.980. The monoisotopic (exact) mass is 403 g/mol. The van der Waals surface area contributed by atoms with E-state index >= 15 is 0 Å². The minimum atomic E-state index is 0.0826. The lowest BCUT2D eigenvalue weighted by atomic mass is 9.35. The van der Waals surface area contributed by atoms with Crippen LogP contribution in [0.2, 0.25) is 0 Å². The Morgan fingerprint density at radius 1 is 0.667 bits per heavy atom. The normalized spacial score (nSPS) is 13.1. The van der Waals surface area contributed by atoms with Crippen molar-refractivity contribution >= 4 is 44.7 Å². The van der Waals surface area contributed by atoms with E-state index in [4.69, 9.17) is 14.5 Å². The molecule has 4 aromatic carbocycles. The second-order valence-electron chi connectivity index (χ2n) is 7.55. The van der Waals surface area contributed by atoms with Crippen molar-refractivity contribution in [3.63, 3.8) is 0 Å². The zero-order valence-electron chi connectivity index (χ0n) is 15.8. The summed E-state index contributed by atoms with van der Waals surface area (Å²) in [6.07, 6.45) is 0. The Kier molecular flexibility index (Phi) is 3.24. The molecular formula is C25H14BNO2S. The Hall–Kier alpha value is -3.57. The molecule has 5 aromatic rings. The van der Waals surface area contributed by atoms with Crippen LogP contribution in [0.5, 0.6) is 23.0 Å². The average Bonchev–Trinajstić information content (AvgIpc) is 3.22. The Morgan fingerprint density at radius 2 is 1.40 bits per heavy atom. The lowest BCUT2D eigenvalue weighted by Crippen LogP contribution is -2.57. The molecule has 0 radical (unpaired) electrons. The van der Waals surface area contributed by atoms with Gasteiger partial charge in [0.2, 0.25) is 0 Å². The molecule has 0 saturated heterocycles. The largest absolute Gasteiger partial charge is 0.458 e. The van der Waals surface area contributed by atoms with Crippen LogP contribution in [0, 0.1) is 0 Å². The zero-order chi connectivity index (χ0) is 19.7. The van der Waals surface area contributed by atoms with Gasteiger partial charge in [0.1, 0.15) is 28.0 Å². The van der Waals surface area contributed by atoms with Crippen LogP contribution in [0.15, 0.2) is 84.9 Å². The average molecular weight is 403 g/mol. The molecule has 0 unspecified atom stereocenters. The van der Waals surface area contributed by atoms with Gasteiger partial charge in [0.05, 0.1) is 15.8 Å². The Labute approximate surface area is 177 Å². The zero-order valence-corrected chi connectivity index (χ0v) is 16.6. The van der Waals surface area contributed by atoms with Crippen molar-refractivity contribution in [1.29, 1.82) is 0 Å². The van der Waals surface area contributed by atoms with Crippen LogP contribution >= 0.6 is 11.3 Å². The number of hydrogen-bond acceptors (Lipinski definition) is 4. The van der Waals surface area contributed by atoms with E-state index in [9.17, 15) is 0 Å². The number of benzene rings is 4. The molecule has 0 atom stereocenters. The van der Waals surface area contributed by atoms with E-state index in [1.54, 1.807) is 11.3 Å². The van der Waals surface area contributed by atoms with Crippen LogP contribution in [-0.2, 0) is 0 Å². The second kappa shape index (κ2) is 5.97. The van der Waals surface area contributed by atoms with Gasteiger partial charge in [-0.3, -0.25) is 0 Å². The molecule has 0 bridgehead atoms. The van der Waals surface area contributed by atoms with E-state index in [-0.39, 0.29) is 6.71 Å². The Morgan fingerprint density at radius 3 is 2.33 bits per heavy atom. The fraction of sp³-hybridized carbons (Fsp3) is 0. The van der Waals surface area contributed by atoms with E-state index < -0.39 is 0 Å². The summed E-state index contributed by atoms with van der Waals surface area (Å²) in [6.45, 7) is 0.0826. The van der Waals surface area contributed by atoms with Crippen LogP contribution in [0.25, 0.3) is 20.8 Å². The van der Waals surface area contributed by atoms with Crippen LogP contribution in [0.1, 0.15) is 0 Å². The minimum Gasteiger partial charge on any atom is -0.458 e. The molecule has 0 fully saturated rings. The number of nitrogens with zero attached hydrogens (tertiary/aromatic N) is 1. The lowest BCUT2D eigenvalue weighted by Gasteiger charge is -2.33. The van der Waals surface area contributed by atoms with Gasteiger partial charge in [-0.25, -0.2) is 4.98 Å². The highest BCUT2D eigenvalue weighted by Gasteiger charge is 2.40. The van der Waals surface area contributed by atoms with Crippen LogP contribution in [-0.4, -0.2) is 11.7 Å². The second-order valence-corrected chi connectivity index (χ2v) is 8.58. The van der Waals surface area contributed by atoms with Gasteiger partial charge >= 0.3 is 0 Å². The van der Waals surface area contributed by atoms with E-state index in [0.29, 0.717) is 0 Å². The molecule has 0 N–H and O–H groups in total. The molecule has 0 spiro atoms. The first-order valence-corrected chi connectivity index (χ1v) is 10.7. The summed E-state index contributed by atoms with van der Waals surface area (Å²) in [7, 11) is 0. The number of para-hydroxylation sites is 3. The van der Waals surface area contributed by atoms with Crippen molar-refractivity contribution < 1.29 is 9.47 Å². The highest BCUT2D eigenvalue weighted by atomic mass is 32.1. The number of aromatic nitrogens is 1. The van der Waals surface area contributed by atoms with Gasteiger partial charge in [0.15, 0.2) is 0 Å². The molecule has 5 heteroatoms. The third-order valence-corrected chi connectivity index (χ3v) is 6.93. The quantitative estimate of drug-likeness (QED) is 0.373. The summed E-state index contributed by atoms with van der Waals surface area (Å²) in [6, 6.07) is 29.0. The summed E-state index contributed by atoms with van der Waals surface area (Å²) < 4.78 is 13.9. The van der Waals surface area contributed by atoms with Crippen LogP contribution < -0.4 is 25.9 Å². The highest BCUT2D eigenvalue weighted by Crippen LogP contribution is 2.40. The van der Waals surface area contributed by atoms with Crippen LogP contribution in [0.4, 0.5) is 0 Å². The molecule has 30 heavy (non-hydrogen) atoms. The maximum Gasteiger partial charge on any atom is 0.260 e. The lowest BCUT2D eigenvalue weighted by molar-refractivity contribution is 0.465. The van der Waals surface area contributed by atoms with E-state index in [0.717, 1.165) is 50.0 Å². The van der Waals surface area contributed by atoms with E-state index in [1.807, 2.05) is 36.4 Å². The molecular weight excluding hydrogens is 389 g/mol. The van der Waals surface area contributed by atoms with Gasteiger partial charge in [0, 0.05) is 5.46 Å². The molecule has 3 nitrogen and oxygen atoms in total. The number of thiazole rings is 1. The summed E-state index contributed by atoms with van der Waals surface area (Å²) in [4.78, 5) is 4.89. The third-order valence-electron chi connectivity index (χ3n) is 5.86. The van der Waals surface area contributed by atoms with Gasteiger partial charge < -0.3 is 9.47 Å². The minimum absolute atomic E-state index is 0.0826. The fourth-order valence-corrected chi connectivity index (χ4v) is 5.55. The SMILES string of the molecule is c1ccc2c(c1)Oc1cccc3c1B2c1cccc(-c2nc4ccccc4s2)c1O3. The first kappa shape index (κ1) is 16.3. The maximum absolute atomic E-state index is 6.51. The number of fused-ring (bicyclic) bond motifs is 5. The molecule has 7 rings (SSSR count). The number of rotatable bonds is 1. The smallest absolute Gasteiger partial charge is 0.260 e. The predicted octanol–water partition coefficient (Wildman–Crippen LogP) is 4.69.